The van der Waals surface area contributed by atoms with Crippen molar-refractivity contribution in [1.82, 2.24) is 0 Å². The van der Waals surface area contributed by atoms with E-state index in [1.807, 2.05) is 141 Å². The fraction of sp³-hybridized carbons (Fsp3) is 0.231. The summed E-state index contributed by atoms with van der Waals surface area (Å²) in [4.78, 5) is 28.3. The molecule has 0 radical (unpaired) electrons. The van der Waals surface area contributed by atoms with Crippen molar-refractivity contribution >= 4 is 7.94 Å². The molecule has 48 heavy (non-hydrogen) atoms. The molecule has 0 spiro atoms. The van der Waals surface area contributed by atoms with Crippen molar-refractivity contribution in [1.29, 1.82) is 0 Å². The summed E-state index contributed by atoms with van der Waals surface area (Å²) >= 11 is 0. The maximum Gasteiger partial charge on any atom is 0.255 e. The number of rotatable bonds is 8. The molecular formula is C39H36NO7P. The number of fused-ring (bicyclic) bond motifs is 1. The van der Waals surface area contributed by atoms with Crippen LogP contribution in [0.15, 0.2) is 152 Å². The van der Waals surface area contributed by atoms with Crippen molar-refractivity contribution in [3.63, 3.8) is 0 Å². The van der Waals surface area contributed by atoms with Gasteiger partial charge in [0.15, 0.2) is 17.0 Å². The SMILES string of the molecule is CC1(C)O[C@@H]2[C@@H](O1)C(c1ccccc1)(c1ccccc1)O[P+]([O-])([C@H](C[N+](=O)[O-])c1ccccc1)OC2(c1ccccc1)c1ccccc1. The van der Waals surface area contributed by atoms with Gasteiger partial charge < -0.3 is 14.4 Å². The van der Waals surface area contributed by atoms with Crippen molar-refractivity contribution < 1.29 is 28.3 Å². The van der Waals surface area contributed by atoms with Gasteiger partial charge in [-0.25, -0.2) is 0 Å². The normalized spacial score (nSPS) is 22.6. The van der Waals surface area contributed by atoms with Crippen LogP contribution < -0.4 is 4.89 Å². The lowest BCUT2D eigenvalue weighted by Gasteiger charge is -2.43. The first-order valence-corrected chi connectivity index (χ1v) is 17.5. The Bertz CT molecular complexity index is 1660. The number of benzene rings is 5. The van der Waals surface area contributed by atoms with E-state index in [0.29, 0.717) is 27.8 Å². The first-order chi connectivity index (χ1) is 23.2. The van der Waals surface area contributed by atoms with Gasteiger partial charge in [0.2, 0.25) is 12.2 Å². The molecular weight excluding hydrogens is 625 g/mol. The van der Waals surface area contributed by atoms with Gasteiger partial charge in [0, 0.05) is 10.5 Å². The second-order valence-corrected chi connectivity index (χ2v) is 14.6. The third-order valence-electron chi connectivity index (χ3n) is 9.14. The largest absolute Gasteiger partial charge is 0.631 e. The van der Waals surface area contributed by atoms with E-state index in [1.54, 1.807) is 24.3 Å². The highest BCUT2D eigenvalue weighted by Crippen LogP contribution is 2.75. The van der Waals surface area contributed by atoms with Crippen molar-refractivity contribution in [2.45, 2.75) is 48.7 Å². The number of ether oxygens (including phenoxy) is 2. The van der Waals surface area contributed by atoms with E-state index in [0.717, 1.165) is 0 Å². The van der Waals surface area contributed by atoms with Gasteiger partial charge in [0.25, 0.3) is 7.94 Å². The fourth-order valence-corrected chi connectivity index (χ4v) is 9.75. The van der Waals surface area contributed by atoms with Gasteiger partial charge in [0.05, 0.1) is 0 Å². The average molecular weight is 662 g/mol. The Morgan fingerprint density at radius 2 is 0.917 bits per heavy atom. The second-order valence-electron chi connectivity index (χ2n) is 12.6. The standard InChI is InChI=1S/C39H36NO7P/c1-37(2)44-35-36(45-37)39(32-24-14-6-15-25-32,33-26-16-7-17-27-33)47-48(43,34(28-40(41)42)29-18-8-3-9-19-29)46-38(35,30-20-10-4-11-21-30)31-22-12-5-13-23-31/h3-27,34-36H,28H2,1-2H3/t34-,35-,36-/m1/s1. The molecule has 0 aliphatic carbocycles. The average Bonchev–Trinajstić information content (AvgIpc) is 3.41. The van der Waals surface area contributed by atoms with Crippen LogP contribution in [-0.2, 0) is 29.7 Å². The maximum absolute atomic E-state index is 16.3. The molecule has 5 aromatic carbocycles. The molecule has 3 atom stereocenters. The van der Waals surface area contributed by atoms with Crippen molar-refractivity contribution in [3.05, 3.63) is 190 Å². The molecule has 0 N–H and O–H groups in total. The lowest BCUT2D eigenvalue weighted by molar-refractivity contribution is -0.481. The fourth-order valence-electron chi connectivity index (χ4n) is 7.15. The van der Waals surface area contributed by atoms with Crippen LogP contribution >= 0.6 is 7.94 Å². The lowest BCUT2D eigenvalue weighted by atomic mass is 9.72. The highest BCUT2D eigenvalue weighted by Gasteiger charge is 2.72. The van der Waals surface area contributed by atoms with Crippen LogP contribution in [-0.4, -0.2) is 29.5 Å². The third kappa shape index (κ3) is 5.55. The van der Waals surface area contributed by atoms with Gasteiger partial charge in [-0.15, -0.1) is 0 Å². The summed E-state index contributed by atoms with van der Waals surface area (Å²) in [6.45, 7) is 2.97. The Balaban J connectivity index is 1.63. The molecule has 2 heterocycles. The van der Waals surface area contributed by atoms with Crippen LogP contribution in [0.4, 0.5) is 0 Å². The van der Waals surface area contributed by atoms with Gasteiger partial charge in [0.1, 0.15) is 12.2 Å². The Hall–Kier alpha value is -4.27. The Morgan fingerprint density at radius 3 is 1.23 bits per heavy atom. The molecule has 7 rings (SSSR count). The summed E-state index contributed by atoms with van der Waals surface area (Å²) in [5.74, 6) is -1.13. The minimum absolute atomic E-state index is 0.455. The predicted molar refractivity (Wildman–Crippen MR) is 181 cm³/mol. The van der Waals surface area contributed by atoms with Crippen LogP contribution in [0, 0.1) is 10.1 Å². The van der Waals surface area contributed by atoms with Crippen molar-refractivity contribution in [2.24, 2.45) is 0 Å². The predicted octanol–water partition coefficient (Wildman–Crippen LogP) is 7.58. The second kappa shape index (κ2) is 12.6. The number of nitrogens with zero attached hydrogens (tertiary/aromatic N) is 1. The molecule has 0 amide bonds. The summed E-state index contributed by atoms with van der Waals surface area (Å²) in [6, 6.07) is 46.5. The summed E-state index contributed by atoms with van der Waals surface area (Å²) in [5, 5.41) is 12.5. The molecule has 0 unspecified atom stereocenters. The number of nitro groups is 1. The molecule has 244 valence electrons. The molecule has 9 heteroatoms. The van der Waals surface area contributed by atoms with Gasteiger partial charge in [-0.05, 0) is 36.1 Å². The van der Waals surface area contributed by atoms with E-state index in [2.05, 4.69) is 0 Å². The van der Waals surface area contributed by atoms with Crippen LogP contribution in [0.5, 0.6) is 0 Å². The third-order valence-corrected chi connectivity index (χ3v) is 11.4. The summed E-state index contributed by atoms with van der Waals surface area (Å²) in [5.41, 5.74) is -1.49. The topological polar surface area (TPSA) is 103 Å². The van der Waals surface area contributed by atoms with Gasteiger partial charge in [-0.1, -0.05) is 152 Å². The van der Waals surface area contributed by atoms with E-state index in [4.69, 9.17) is 18.5 Å². The minimum atomic E-state index is -4.65. The van der Waals surface area contributed by atoms with E-state index in [9.17, 15) is 10.1 Å². The quantitative estimate of drug-likeness (QED) is 0.0960. The molecule has 0 bridgehead atoms. The number of hydrogen-bond acceptors (Lipinski definition) is 7. The summed E-state index contributed by atoms with van der Waals surface area (Å²) in [7, 11) is -4.65. The highest BCUT2D eigenvalue weighted by atomic mass is 31.2. The highest BCUT2D eigenvalue weighted by molar-refractivity contribution is 7.59. The van der Waals surface area contributed by atoms with Crippen molar-refractivity contribution in [2.75, 3.05) is 6.54 Å². The van der Waals surface area contributed by atoms with Crippen LogP contribution in [0.2, 0.25) is 0 Å². The van der Waals surface area contributed by atoms with E-state index in [1.165, 1.54) is 0 Å². The lowest BCUT2D eigenvalue weighted by Crippen LogP contribution is -2.53. The van der Waals surface area contributed by atoms with E-state index in [-0.39, 0.29) is 0 Å². The van der Waals surface area contributed by atoms with E-state index >= 15 is 4.89 Å². The van der Waals surface area contributed by atoms with Crippen LogP contribution in [0.25, 0.3) is 0 Å². The number of hydrogen-bond donors (Lipinski definition) is 0. The summed E-state index contributed by atoms with van der Waals surface area (Å²) < 4.78 is 28.3. The van der Waals surface area contributed by atoms with Crippen LogP contribution in [0.1, 0.15) is 47.3 Å². The monoisotopic (exact) mass is 661 g/mol. The zero-order valence-corrected chi connectivity index (χ0v) is 27.5. The van der Waals surface area contributed by atoms with Crippen molar-refractivity contribution in [3.8, 4) is 0 Å². The summed E-state index contributed by atoms with van der Waals surface area (Å²) in [6.07, 6.45) is -1.92. The Kier molecular flexibility index (Phi) is 8.50. The zero-order chi connectivity index (χ0) is 33.4. The smallest absolute Gasteiger partial charge is 0.255 e. The Labute approximate surface area is 280 Å². The molecule has 5 aromatic rings. The molecule has 8 nitrogen and oxygen atoms in total. The first kappa shape index (κ1) is 32.3. The van der Waals surface area contributed by atoms with Gasteiger partial charge in [-0.2, -0.15) is 9.05 Å². The van der Waals surface area contributed by atoms with E-state index < -0.39 is 54.3 Å². The molecule has 0 aromatic heterocycles. The molecule has 2 aliphatic rings. The van der Waals surface area contributed by atoms with Gasteiger partial charge >= 0.3 is 0 Å². The molecule has 0 saturated carbocycles. The molecule has 2 saturated heterocycles. The maximum atomic E-state index is 16.3. The van der Waals surface area contributed by atoms with Gasteiger partial charge in [-0.3, -0.25) is 10.1 Å². The minimum Gasteiger partial charge on any atom is -0.631 e. The molecule has 2 fully saturated rings. The zero-order valence-electron chi connectivity index (χ0n) is 26.6. The first-order valence-electron chi connectivity index (χ1n) is 15.9. The molecule has 2 aliphatic heterocycles. The Morgan fingerprint density at radius 1 is 0.604 bits per heavy atom. The van der Waals surface area contributed by atoms with Crippen LogP contribution in [0.3, 0.4) is 0 Å².